The predicted molar refractivity (Wildman–Crippen MR) is 256 cm³/mol. The van der Waals surface area contributed by atoms with E-state index in [9.17, 15) is 10.2 Å². The summed E-state index contributed by atoms with van der Waals surface area (Å²) in [5, 5.41) is 27.4. The molecule has 2 saturated carbocycles. The van der Waals surface area contributed by atoms with Crippen molar-refractivity contribution in [1.29, 1.82) is 0 Å². The number of rotatable bonds is 20. The number of ether oxygens (including phenoxy) is 5. The van der Waals surface area contributed by atoms with Crippen LogP contribution in [0, 0.1) is 23.7 Å². The van der Waals surface area contributed by atoms with Crippen LogP contribution in [0.5, 0.6) is 28.7 Å². The zero-order valence-corrected chi connectivity index (χ0v) is 38.0. The Hall–Kier alpha value is -6.14. The lowest BCUT2D eigenvalue weighted by atomic mass is 9.55. The number of aliphatic hydroxyl groups is 2. The van der Waals surface area contributed by atoms with Crippen molar-refractivity contribution in [2.75, 3.05) is 26.6 Å². The van der Waals surface area contributed by atoms with E-state index < -0.39 is 17.7 Å². The topological polar surface area (TPSA) is 129 Å². The standard InChI is InChI=1S/C56H60N2O9/c1-2-28-64-56-52(58(55(61)40-19-20-40)34-38-18-24-50-51(29-38)63-36-62-50)33-48(57-65-35-37-12-4-3-5-13-37)46-31-42(16-8-10-26-59)45(17-9-11-27-60)53(54(46)56)47-32-44(23-25-49(47)67-56)66-43-22-21-39-14-6-7-15-41(39)30-43/h2-7,12-15,18,21-25,29-32,40,42,45,52-54,59-60H,1,8-11,16-17,19-20,26-28,33-36H2/t42-,45+,52-,53+,54+,56+/m0/s1. The Balaban J connectivity index is 1.15. The number of oxime groups is 1. The molecule has 11 nitrogen and oxygen atoms in total. The van der Waals surface area contributed by atoms with E-state index in [1.807, 2.05) is 83.8 Å². The molecular weight excluding hydrogens is 845 g/mol. The van der Waals surface area contributed by atoms with Gasteiger partial charge in [0.25, 0.3) is 0 Å². The maximum atomic E-state index is 15.1. The number of carbonyl (C=O) groups excluding carboxylic acids is 1. The van der Waals surface area contributed by atoms with Gasteiger partial charge in [-0.05, 0) is 120 Å². The van der Waals surface area contributed by atoms with Crippen molar-refractivity contribution in [1.82, 2.24) is 4.90 Å². The summed E-state index contributed by atoms with van der Waals surface area (Å²) < 4.78 is 33.0. The molecule has 5 aromatic carbocycles. The van der Waals surface area contributed by atoms with Crippen LogP contribution in [0.1, 0.15) is 80.4 Å². The molecule has 0 aromatic heterocycles. The van der Waals surface area contributed by atoms with Gasteiger partial charge >= 0.3 is 0 Å². The maximum Gasteiger partial charge on any atom is 0.239 e. The number of allylic oxidation sites excluding steroid dienone is 1. The average Bonchev–Trinajstić information content (AvgIpc) is 4.11. The molecular formula is C56H60N2O9. The monoisotopic (exact) mass is 904 g/mol. The normalized spacial score (nSPS) is 24.0. The van der Waals surface area contributed by atoms with Crippen LogP contribution in [0.3, 0.4) is 0 Å². The highest BCUT2D eigenvalue weighted by atomic mass is 16.7. The molecule has 2 aliphatic heterocycles. The van der Waals surface area contributed by atoms with Gasteiger partial charge in [-0.25, -0.2) is 0 Å². The van der Waals surface area contributed by atoms with E-state index in [0.29, 0.717) is 42.3 Å². The average molecular weight is 905 g/mol. The summed E-state index contributed by atoms with van der Waals surface area (Å²) in [6, 6.07) is 35.7. The molecule has 0 radical (unpaired) electrons. The quantitative estimate of drug-likeness (QED) is 0.0446. The first-order valence-corrected chi connectivity index (χ1v) is 24.1. The molecule has 348 valence electrons. The molecule has 10 rings (SSSR count). The minimum absolute atomic E-state index is 0.0449. The third-order valence-electron chi connectivity index (χ3n) is 14.2. The van der Waals surface area contributed by atoms with Crippen LogP contribution >= 0.6 is 0 Å². The summed E-state index contributed by atoms with van der Waals surface area (Å²) in [6.07, 6.45) is 10.7. The predicted octanol–water partition coefficient (Wildman–Crippen LogP) is 10.6. The van der Waals surface area contributed by atoms with Crippen molar-refractivity contribution < 1.29 is 43.5 Å². The van der Waals surface area contributed by atoms with Gasteiger partial charge in [0.05, 0.1) is 18.2 Å². The van der Waals surface area contributed by atoms with E-state index in [1.165, 1.54) is 0 Å². The van der Waals surface area contributed by atoms with Crippen LogP contribution in [-0.4, -0.2) is 65.2 Å². The summed E-state index contributed by atoms with van der Waals surface area (Å²) in [5.74, 6) is 1.45. The second kappa shape index (κ2) is 20.0. The molecule has 11 heteroatoms. The van der Waals surface area contributed by atoms with Gasteiger partial charge in [-0.3, -0.25) is 4.79 Å². The van der Waals surface area contributed by atoms with Gasteiger partial charge in [-0.2, -0.15) is 0 Å². The van der Waals surface area contributed by atoms with Crippen molar-refractivity contribution in [2.45, 2.75) is 88.7 Å². The molecule has 3 aliphatic carbocycles. The summed E-state index contributed by atoms with van der Waals surface area (Å²) in [7, 11) is 0. The number of carbonyl (C=O) groups is 1. The van der Waals surface area contributed by atoms with Gasteiger partial charge in [-0.15, -0.1) is 6.58 Å². The van der Waals surface area contributed by atoms with Gasteiger partial charge < -0.3 is 43.6 Å². The third kappa shape index (κ3) is 9.29. The largest absolute Gasteiger partial charge is 0.459 e. The maximum absolute atomic E-state index is 15.1. The van der Waals surface area contributed by atoms with E-state index in [4.69, 9.17) is 33.7 Å². The van der Waals surface area contributed by atoms with E-state index in [-0.39, 0.29) is 69.3 Å². The van der Waals surface area contributed by atoms with E-state index in [1.54, 1.807) is 6.08 Å². The van der Waals surface area contributed by atoms with Gasteiger partial charge in [0.2, 0.25) is 18.5 Å². The van der Waals surface area contributed by atoms with Gasteiger partial charge in [0, 0.05) is 43.6 Å². The minimum atomic E-state index is -1.39. The Morgan fingerprint density at radius 3 is 2.36 bits per heavy atom. The van der Waals surface area contributed by atoms with Gasteiger partial charge in [0.15, 0.2) is 11.5 Å². The zero-order valence-electron chi connectivity index (χ0n) is 38.0. The fraction of sp³-hybridized carbons (Fsp3) is 0.393. The lowest BCUT2D eigenvalue weighted by molar-refractivity contribution is -0.258. The number of nitrogens with zero attached hydrogens (tertiary/aromatic N) is 2. The Morgan fingerprint density at radius 2 is 1.55 bits per heavy atom. The number of hydrogen-bond donors (Lipinski definition) is 2. The van der Waals surface area contributed by atoms with Gasteiger partial charge in [0.1, 0.15) is 29.9 Å². The SMILES string of the molecule is C=CCO[C@@]12Oc3ccc(Oc4ccc5ccccc5c4)cc3[C@H]3[C@H](CCCCO)[C@@H](CCCCO)C=C(C(=NOCc4ccccc4)C[C@@H]1N(Cc1ccc4c(c1)OCO4)C(=O)C1CC1)[C@H]32. The number of aliphatic hydroxyl groups excluding tert-OH is 2. The van der Waals surface area contributed by atoms with Crippen LogP contribution in [0.15, 0.2) is 139 Å². The number of fused-ring (bicyclic) bond motifs is 4. The molecule has 5 aliphatic rings. The molecule has 2 N–H and O–H groups in total. The number of benzene rings is 5. The first-order chi connectivity index (χ1) is 33.0. The lowest BCUT2D eigenvalue weighted by Gasteiger charge is -2.60. The molecule has 6 atom stereocenters. The second-order valence-electron chi connectivity index (χ2n) is 18.6. The van der Waals surface area contributed by atoms with Crippen LogP contribution in [-0.2, 0) is 27.5 Å². The van der Waals surface area contributed by atoms with Crippen LogP contribution in [0.2, 0.25) is 0 Å². The van der Waals surface area contributed by atoms with E-state index in [2.05, 4.69) is 43.0 Å². The Bertz CT molecular complexity index is 2630. The molecule has 1 amide bonds. The highest BCUT2D eigenvalue weighted by Crippen LogP contribution is 2.62. The Labute approximate surface area is 392 Å². The zero-order chi connectivity index (χ0) is 45.7. The van der Waals surface area contributed by atoms with E-state index >= 15 is 4.79 Å². The Morgan fingerprint density at radius 1 is 0.806 bits per heavy atom. The molecule has 67 heavy (non-hydrogen) atoms. The summed E-state index contributed by atoms with van der Waals surface area (Å²) in [4.78, 5) is 23.4. The Kier molecular flexibility index (Phi) is 13.3. The van der Waals surface area contributed by atoms with Crippen LogP contribution in [0.25, 0.3) is 10.8 Å². The smallest absolute Gasteiger partial charge is 0.239 e. The molecule has 2 heterocycles. The van der Waals surface area contributed by atoms with Crippen molar-refractivity contribution >= 4 is 22.4 Å². The number of hydrogen-bond acceptors (Lipinski definition) is 10. The highest BCUT2D eigenvalue weighted by molar-refractivity contribution is 6.03. The van der Waals surface area contributed by atoms with Crippen molar-refractivity contribution in [3.05, 3.63) is 150 Å². The van der Waals surface area contributed by atoms with Crippen molar-refractivity contribution in [3.8, 4) is 28.7 Å². The number of amides is 1. The summed E-state index contributed by atoms with van der Waals surface area (Å²) >= 11 is 0. The first-order valence-electron chi connectivity index (χ1n) is 24.1. The molecule has 0 bridgehead atoms. The number of unbranched alkanes of at least 4 members (excludes halogenated alkanes) is 2. The summed E-state index contributed by atoms with van der Waals surface area (Å²) in [6.45, 7) is 5.20. The van der Waals surface area contributed by atoms with Crippen molar-refractivity contribution in [3.63, 3.8) is 0 Å². The molecule has 0 spiro atoms. The molecule has 0 saturated heterocycles. The minimum Gasteiger partial charge on any atom is -0.459 e. The van der Waals surface area contributed by atoms with Crippen LogP contribution in [0.4, 0.5) is 0 Å². The molecule has 2 fully saturated rings. The van der Waals surface area contributed by atoms with E-state index in [0.717, 1.165) is 83.0 Å². The third-order valence-corrected chi connectivity index (χ3v) is 14.2. The fourth-order valence-electron chi connectivity index (χ4n) is 11.0. The van der Waals surface area contributed by atoms with Gasteiger partial charge in [-0.1, -0.05) is 96.9 Å². The lowest BCUT2D eigenvalue weighted by Crippen LogP contribution is -2.70. The van der Waals surface area contributed by atoms with Crippen molar-refractivity contribution in [2.24, 2.45) is 28.8 Å². The van der Waals surface area contributed by atoms with Crippen LogP contribution < -0.4 is 18.9 Å². The second-order valence-corrected chi connectivity index (χ2v) is 18.6. The summed E-state index contributed by atoms with van der Waals surface area (Å²) in [5.41, 5.74) is 4.62. The fourth-order valence-corrected chi connectivity index (χ4v) is 11.0. The highest BCUT2D eigenvalue weighted by Gasteiger charge is 2.66. The first kappa shape index (κ1) is 44.7. The molecule has 5 aromatic rings. The molecule has 0 unspecified atom stereocenters.